The molecule has 0 aromatic rings. The molecule has 3 heteroatoms. The van der Waals surface area contributed by atoms with Crippen LogP contribution in [0.3, 0.4) is 0 Å². The topological polar surface area (TPSA) is 37.3 Å². The molecule has 0 rings (SSSR count). The molecule has 0 unspecified atom stereocenters. The van der Waals surface area contributed by atoms with Crippen molar-refractivity contribution < 1.29 is 9.90 Å². The van der Waals surface area contributed by atoms with Crippen molar-refractivity contribution >= 4 is 24.8 Å². The summed E-state index contributed by atoms with van der Waals surface area (Å²) >= 11 is 0. The van der Waals surface area contributed by atoms with Crippen LogP contribution in [0.1, 0.15) is 45.4 Å². The molecule has 1 N–H and O–H groups in total. The van der Waals surface area contributed by atoms with Crippen molar-refractivity contribution in [1.29, 1.82) is 0 Å². The van der Waals surface area contributed by atoms with Gasteiger partial charge in [0.1, 0.15) is 0 Å². The van der Waals surface area contributed by atoms with E-state index in [9.17, 15) is 4.79 Å². The Kier molecular flexibility index (Phi) is 12.5. The Morgan fingerprint density at radius 2 is 1.73 bits per heavy atom. The van der Waals surface area contributed by atoms with Crippen LogP contribution in [0.15, 0.2) is 0 Å². The monoisotopic (exact) mass is 151 g/mol. The van der Waals surface area contributed by atoms with Crippen LogP contribution in [-0.4, -0.2) is 29.9 Å². The molecule has 61 valence electrons. The number of carboxylic acids is 1. The molecule has 0 saturated heterocycles. The molecule has 0 bridgehead atoms. The first-order chi connectivity index (χ1) is 4.77. The van der Waals surface area contributed by atoms with Crippen LogP contribution in [0.2, 0.25) is 0 Å². The number of carboxylic acid groups (broad SMARTS) is 1. The third-order valence-corrected chi connectivity index (χ3v) is 1.49. The molecule has 0 fully saturated rings. The van der Waals surface area contributed by atoms with Crippen molar-refractivity contribution in [3.8, 4) is 0 Å². The Labute approximate surface area is 80.5 Å². The van der Waals surface area contributed by atoms with Gasteiger partial charge in [0.15, 0.2) is 0 Å². The molecule has 0 saturated carbocycles. The number of aliphatic carboxylic acids is 1. The fourth-order valence-electron chi connectivity index (χ4n) is 0.880. The van der Waals surface area contributed by atoms with E-state index in [1.165, 1.54) is 19.3 Å². The van der Waals surface area contributed by atoms with Crippen LogP contribution < -0.4 is 0 Å². The fraction of sp³-hybridized carbons (Fsp3) is 0.875. The molecule has 0 aromatic carbocycles. The molecule has 2 nitrogen and oxygen atoms in total. The Morgan fingerprint density at radius 1 is 1.18 bits per heavy atom. The molecule has 0 heterocycles. The second-order valence-electron chi connectivity index (χ2n) is 2.56. The number of rotatable bonds is 6. The van der Waals surface area contributed by atoms with E-state index in [-0.39, 0.29) is 18.9 Å². The Balaban J connectivity index is 0. The van der Waals surface area contributed by atoms with Crippen LogP contribution in [0.5, 0.6) is 0 Å². The number of hydrogen-bond acceptors (Lipinski definition) is 1. The normalized spacial score (nSPS) is 8.82. The van der Waals surface area contributed by atoms with Crippen molar-refractivity contribution in [2.24, 2.45) is 0 Å². The molecule has 0 aliphatic carbocycles. The summed E-state index contributed by atoms with van der Waals surface area (Å²) in [5.74, 6) is -0.670. The summed E-state index contributed by atoms with van der Waals surface area (Å²) in [6, 6.07) is 0. The number of carbonyl (C=O) groups is 1. The molecular weight excluding hydrogens is 135 g/mol. The molecule has 0 amide bonds. The largest absolute Gasteiger partial charge is 0.481 e. The van der Waals surface area contributed by atoms with Crippen LogP contribution in [0, 0.1) is 0 Å². The fourth-order valence-corrected chi connectivity index (χ4v) is 0.880. The standard InChI is InChI=1S/C8H16O2.Li/c1-2-3-4-5-6-7-8(9)10;/h2-7H2,1H3,(H,9,10);. The minimum absolute atomic E-state index is 0. The first kappa shape index (κ1) is 13.6. The average Bonchev–Trinajstić information content (AvgIpc) is 1.87. The van der Waals surface area contributed by atoms with Gasteiger partial charge >= 0.3 is 5.97 Å². The first-order valence-corrected chi connectivity index (χ1v) is 3.99. The third kappa shape index (κ3) is 13.1. The van der Waals surface area contributed by atoms with E-state index in [1.807, 2.05) is 0 Å². The van der Waals surface area contributed by atoms with E-state index in [0.29, 0.717) is 6.42 Å². The summed E-state index contributed by atoms with van der Waals surface area (Å²) in [4.78, 5) is 10.0. The minimum atomic E-state index is -0.670. The maximum absolute atomic E-state index is 10.0. The van der Waals surface area contributed by atoms with Crippen molar-refractivity contribution in [1.82, 2.24) is 0 Å². The Morgan fingerprint density at radius 3 is 2.18 bits per heavy atom. The van der Waals surface area contributed by atoms with Gasteiger partial charge in [0.2, 0.25) is 0 Å². The van der Waals surface area contributed by atoms with E-state index in [1.54, 1.807) is 0 Å². The summed E-state index contributed by atoms with van der Waals surface area (Å²) in [6.07, 6.45) is 5.88. The van der Waals surface area contributed by atoms with Crippen LogP contribution >= 0.6 is 0 Å². The zero-order chi connectivity index (χ0) is 7.82. The maximum Gasteiger partial charge on any atom is 0.303 e. The average molecular weight is 151 g/mol. The van der Waals surface area contributed by atoms with Gasteiger partial charge in [-0.1, -0.05) is 32.6 Å². The Hall–Kier alpha value is 0.0674. The second-order valence-corrected chi connectivity index (χ2v) is 2.56. The first-order valence-electron chi connectivity index (χ1n) is 3.99. The van der Waals surface area contributed by atoms with Gasteiger partial charge < -0.3 is 5.11 Å². The van der Waals surface area contributed by atoms with Crippen molar-refractivity contribution in [2.75, 3.05) is 0 Å². The SMILES string of the molecule is CCCCCCCC(=O)O.[Li]. The van der Waals surface area contributed by atoms with E-state index in [0.717, 1.165) is 12.8 Å². The third-order valence-electron chi connectivity index (χ3n) is 1.49. The summed E-state index contributed by atoms with van der Waals surface area (Å²) in [5, 5.41) is 8.27. The number of unbranched alkanes of at least 4 members (excludes halogenated alkanes) is 4. The quantitative estimate of drug-likeness (QED) is 0.466. The maximum atomic E-state index is 10.0. The zero-order valence-corrected chi connectivity index (χ0v) is 7.60. The van der Waals surface area contributed by atoms with E-state index >= 15 is 0 Å². The van der Waals surface area contributed by atoms with Crippen molar-refractivity contribution in [3.63, 3.8) is 0 Å². The predicted molar refractivity (Wildman–Crippen MR) is 46.8 cm³/mol. The van der Waals surface area contributed by atoms with E-state index in [2.05, 4.69) is 6.92 Å². The minimum Gasteiger partial charge on any atom is -0.481 e. The predicted octanol–water partition coefficient (Wildman–Crippen LogP) is 2.05. The summed E-state index contributed by atoms with van der Waals surface area (Å²) in [5.41, 5.74) is 0. The summed E-state index contributed by atoms with van der Waals surface area (Å²) in [6.45, 7) is 2.15. The smallest absolute Gasteiger partial charge is 0.303 e. The van der Waals surface area contributed by atoms with Crippen LogP contribution in [0.25, 0.3) is 0 Å². The molecule has 0 spiro atoms. The number of hydrogen-bond donors (Lipinski definition) is 1. The van der Waals surface area contributed by atoms with Gasteiger partial charge in [0.25, 0.3) is 0 Å². The van der Waals surface area contributed by atoms with Gasteiger partial charge in [-0.15, -0.1) is 0 Å². The molecule has 0 aliphatic rings. The van der Waals surface area contributed by atoms with Gasteiger partial charge in [-0.05, 0) is 6.42 Å². The van der Waals surface area contributed by atoms with Crippen LogP contribution in [0.4, 0.5) is 0 Å². The van der Waals surface area contributed by atoms with E-state index in [4.69, 9.17) is 5.11 Å². The molecule has 11 heavy (non-hydrogen) atoms. The molecule has 0 aliphatic heterocycles. The second kappa shape index (κ2) is 10.1. The van der Waals surface area contributed by atoms with Crippen LogP contribution in [-0.2, 0) is 4.79 Å². The Bertz CT molecular complexity index is 94.1. The molecule has 0 aromatic heterocycles. The summed E-state index contributed by atoms with van der Waals surface area (Å²) in [7, 11) is 0. The van der Waals surface area contributed by atoms with Gasteiger partial charge in [0, 0.05) is 25.3 Å². The van der Waals surface area contributed by atoms with E-state index < -0.39 is 5.97 Å². The van der Waals surface area contributed by atoms with Crippen molar-refractivity contribution in [3.05, 3.63) is 0 Å². The molecular formula is C8H16LiO2. The van der Waals surface area contributed by atoms with Crippen molar-refractivity contribution in [2.45, 2.75) is 45.4 Å². The molecule has 1 radical (unpaired) electrons. The zero-order valence-electron chi connectivity index (χ0n) is 7.60. The van der Waals surface area contributed by atoms with Gasteiger partial charge in [-0.3, -0.25) is 4.79 Å². The van der Waals surface area contributed by atoms with Gasteiger partial charge in [-0.25, -0.2) is 0 Å². The molecule has 0 atom stereocenters. The van der Waals surface area contributed by atoms with Gasteiger partial charge in [0.05, 0.1) is 0 Å². The van der Waals surface area contributed by atoms with Gasteiger partial charge in [-0.2, -0.15) is 0 Å². The summed E-state index contributed by atoms with van der Waals surface area (Å²) < 4.78 is 0.